The van der Waals surface area contributed by atoms with Gasteiger partial charge in [-0.1, -0.05) is 13.8 Å². The van der Waals surface area contributed by atoms with E-state index >= 15 is 0 Å². The Balaban J connectivity index is 2.62. The maximum absolute atomic E-state index is 11.9. The molecular formula is C15H23NO2. The molecule has 1 rings (SSSR count). The van der Waals surface area contributed by atoms with Crippen molar-refractivity contribution in [1.82, 2.24) is 5.32 Å². The van der Waals surface area contributed by atoms with Gasteiger partial charge < -0.3 is 10.1 Å². The summed E-state index contributed by atoms with van der Waals surface area (Å²) in [6, 6.07) is 7.49. The second-order valence-electron chi connectivity index (χ2n) is 4.64. The molecule has 0 heterocycles. The largest absolute Gasteiger partial charge is 0.491 e. The number of amides is 1. The lowest BCUT2D eigenvalue weighted by atomic mass is 10.2. The molecule has 0 aliphatic heterocycles. The fourth-order valence-corrected chi connectivity index (χ4v) is 1.41. The second-order valence-corrected chi connectivity index (χ2v) is 4.64. The minimum Gasteiger partial charge on any atom is -0.491 e. The van der Waals surface area contributed by atoms with Crippen molar-refractivity contribution in [2.24, 2.45) is 0 Å². The molecule has 0 fully saturated rings. The number of hydrogen-bond donors (Lipinski definition) is 1. The molecule has 0 spiro atoms. The van der Waals surface area contributed by atoms with Gasteiger partial charge in [-0.2, -0.15) is 0 Å². The fourth-order valence-electron chi connectivity index (χ4n) is 1.41. The number of nitrogens with one attached hydrogen (secondary N) is 1. The lowest BCUT2D eigenvalue weighted by Crippen LogP contribution is -2.31. The Hall–Kier alpha value is -1.51. The first-order valence-electron chi connectivity index (χ1n) is 6.64. The van der Waals surface area contributed by atoms with Gasteiger partial charge >= 0.3 is 0 Å². The van der Waals surface area contributed by atoms with Crippen LogP contribution in [0, 0.1) is 0 Å². The normalized spacial score (nSPS) is 13.8. The van der Waals surface area contributed by atoms with Crippen LogP contribution in [0.15, 0.2) is 24.3 Å². The van der Waals surface area contributed by atoms with Crippen LogP contribution in [0.1, 0.15) is 50.9 Å². The highest BCUT2D eigenvalue weighted by atomic mass is 16.5. The van der Waals surface area contributed by atoms with Gasteiger partial charge in [-0.15, -0.1) is 0 Å². The number of rotatable bonds is 6. The first-order valence-corrected chi connectivity index (χ1v) is 6.64. The van der Waals surface area contributed by atoms with E-state index in [1.54, 1.807) is 12.1 Å². The van der Waals surface area contributed by atoms with Crippen molar-refractivity contribution in [3.8, 4) is 5.75 Å². The molecule has 0 aliphatic rings. The van der Waals surface area contributed by atoms with E-state index < -0.39 is 0 Å². The zero-order chi connectivity index (χ0) is 13.5. The van der Waals surface area contributed by atoms with Crippen LogP contribution in [0.4, 0.5) is 0 Å². The third-order valence-corrected chi connectivity index (χ3v) is 3.02. The van der Waals surface area contributed by atoms with Gasteiger partial charge in [-0.05, 0) is 51.0 Å². The average molecular weight is 249 g/mol. The molecule has 0 radical (unpaired) electrons. The molecule has 2 atom stereocenters. The Morgan fingerprint density at radius 2 is 1.78 bits per heavy atom. The maximum Gasteiger partial charge on any atom is 0.251 e. The number of benzene rings is 1. The lowest BCUT2D eigenvalue weighted by molar-refractivity contribution is 0.0939. The molecule has 3 nitrogen and oxygen atoms in total. The van der Waals surface area contributed by atoms with Crippen LogP contribution < -0.4 is 10.1 Å². The van der Waals surface area contributed by atoms with Gasteiger partial charge in [0.25, 0.3) is 5.91 Å². The van der Waals surface area contributed by atoms with Gasteiger partial charge in [0.2, 0.25) is 0 Å². The highest BCUT2D eigenvalue weighted by Gasteiger charge is 2.08. The van der Waals surface area contributed by atoms with Crippen molar-refractivity contribution < 1.29 is 9.53 Å². The Labute approximate surface area is 110 Å². The smallest absolute Gasteiger partial charge is 0.251 e. The Kier molecular flexibility index (Phi) is 5.69. The van der Waals surface area contributed by atoms with Gasteiger partial charge in [-0.25, -0.2) is 0 Å². The molecule has 1 N–H and O–H groups in total. The zero-order valence-corrected chi connectivity index (χ0v) is 11.7. The summed E-state index contributed by atoms with van der Waals surface area (Å²) < 4.78 is 5.67. The minimum absolute atomic E-state index is 0.0283. The predicted molar refractivity (Wildman–Crippen MR) is 74.0 cm³/mol. The fraction of sp³-hybridized carbons (Fsp3) is 0.533. The van der Waals surface area contributed by atoms with Crippen molar-refractivity contribution in [1.29, 1.82) is 0 Å². The highest BCUT2D eigenvalue weighted by molar-refractivity contribution is 5.94. The Morgan fingerprint density at radius 1 is 1.17 bits per heavy atom. The highest BCUT2D eigenvalue weighted by Crippen LogP contribution is 2.15. The van der Waals surface area contributed by atoms with Crippen LogP contribution in [-0.2, 0) is 0 Å². The summed E-state index contributed by atoms with van der Waals surface area (Å²) in [6.45, 7) is 8.16. The maximum atomic E-state index is 11.9. The molecule has 1 aromatic carbocycles. The molecule has 3 heteroatoms. The molecule has 0 saturated heterocycles. The molecule has 0 bridgehead atoms. The van der Waals surface area contributed by atoms with E-state index in [2.05, 4.69) is 12.2 Å². The standard InChI is InChI=1S/C15H23NO2/c1-5-11(3)16-15(17)13-7-9-14(10-8-13)18-12(4)6-2/h7-12H,5-6H2,1-4H3,(H,16,17). The van der Waals surface area contributed by atoms with Gasteiger partial charge in [0.1, 0.15) is 5.75 Å². The average Bonchev–Trinajstić information content (AvgIpc) is 2.39. The molecule has 2 unspecified atom stereocenters. The van der Waals surface area contributed by atoms with Gasteiger partial charge in [0.15, 0.2) is 0 Å². The lowest BCUT2D eigenvalue weighted by Gasteiger charge is -2.14. The Morgan fingerprint density at radius 3 is 2.28 bits per heavy atom. The van der Waals surface area contributed by atoms with Gasteiger partial charge in [0.05, 0.1) is 6.10 Å². The monoisotopic (exact) mass is 249 g/mol. The number of carbonyl (C=O) groups is 1. The SMILES string of the molecule is CCC(C)NC(=O)c1ccc(OC(C)CC)cc1. The van der Waals surface area contributed by atoms with Crippen LogP contribution in [-0.4, -0.2) is 18.1 Å². The van der Waals surface area contributed by atoms with Crippen molar-refractivity contribution in [3.05, 3.63) is 29.8 Å². The topological polar surface area (TPSA) is 38.3 Å². The van der Waals surface area contributed by atoms with E-state index in [1.807, 2.05) is 32.9 Å². The molecule has 18 heavy (non-hydrogen) atoms. The summed E-state index contributed by atoms with van der Waals surface area (Å²) in [5.41, 5.74) is 0.673. The van der Waals surface area contributed by atoms with Crippen LogP contribution in [0.5, 0.6) is 5.75 Å². The molecule has 0 aliphatic carbocycles. The van der Waals surface area contributed by atoms with E-state index in [-0.39, 0.29) is 18.1 Å². The Bertz CT molecular complexity index is 373. The van der Waals surface area contributed by atoms with Crippen LogP contribution in [0.25, 0.3) is 0 Å². The van der Waals surface area contributed by atoms with Gasteiger partial charge in [-0.3, -0.25) is 4.79 Å². The van der Waals surface area contributed by atoms with E-state index in [0.29, 0.717) is 5.56 Å². The molecule has 1 aromatic rings. The third-order valence-electron chi connectivity index (χ3n) is 3.02. The summed E-state index contributed by atoms with van der Waals surface area (Å²) in [4.78, 5) is 11.9. The number of carbonyl (C=O) groups excluding carboxylic acids is 1. The first-order chi connectivity index (χ1) is 8.56. The second kappa shape index (κ2) is 7.04. The first kappa shape index (κ1) is 14.6. The minimum atomic E-state index is -0.0283. The molecule has 100 valence electrons. The van der Waals surface area contributed by atoms with E-state index in [1.165, 1.54) is 0 Å². The summed E-state index contributed by atoms with van der Waals surface area (Å²) >= 11 is 0. The van der Waals surface area contributed by atoms with Crippen molar-refractivity contribution in [3.63, 3.8) is 0 Å². The summed E-state index contributed by atoms with van der Waals surface area (Å²) in [5.74, 6) is 0.781. The van der Waals surface area contributed by atoms with Crippen molar-refractivity contribution >= 4 is 5.91 Å². The van der Waals surface area contributed by atoms with Crippen LogP contribution in [0.3, 0.4) is 0 Å². The zero-order valence-electron chi connectivity index (χ0n) is 11.7. The van der Waals surface area contributed by atoms with Gasteiger partial charge in [0, 0.05) is 11.6 Å². The molecule has 0 aromatic heterocycles. The van der Waals surface area contributed by atoms with Crippen molar-refractivity contribution in [2.75, 3.05) is 0 Å². The van der Waals surface area contributed by atoms with Crippen LogP contribution >= 0.6 is 0 Å². The van der Waals surface area contributed by atoms with E-state index in [4.69, 9.17) is 4.74 Å². The van der Waals surface area contributed by atoms with E-state index in [9.17, 15) is 4.79 Å². The summed E-state index contributed by atoms with van der Waals surface area (Å²) in [7, 11) is 0. The molecule has 0 saturated carbocycles. The quantitative estimate of drug-likeness (QED) is 0.839. The predicted octanol–water partition coefficient (Wildman–Crippen LogP) is 3.39. The van der Waals surface area contributed by atoms with Crippen LogP contribution in [0.2, 0.25) is 0 Å². The number of ether oxygens (including phenoxy) is 1. The third kappa shape index (κ3) is 4.40. The van der Waals surface area contributed by atoms with Crippen molar-refractivity contribution in [2.45, 2.75) is 52.7 Å². The van der Waals surface area contributed by atoms with E-state index in [0.717, 1.165) is 18.6 Å². The molecular weight excluding hydrogens is 226 g/mol. The summed E-state index contributed by atoms with van der Waals surface area (Å²) in [5, 5.41) is 2.94. The number of hydrogen-bond acceptors (Lipinski definition) is 2. The molecule has 1 amide bonds. The summed E-state index contributed by atoms with van der Waals surface area (Å²) in [6.07, 6.45) is 2.10.